The molecule has 170 valence electrons. The lowest BCUT2D eigenvalue weighted by Gasteiger charge is -2.32. The van der Waals surface area contributed by atoms with Crippen molar-refractivity contribution in [1.29, 1.82) is 0 Å². The van der Waals surface area contributed by atoms with Gasteiger partial charge in [-0.15, -0.1) is 0 Å². The highest BCUT2D eigenvalue weighted by Gasteiger charge is 2.49. The van der Waals surface area contributed by atoms with Gasteiger partial charge >= 0.3 is 0 Å². The minimum atomic E-state index is -4.33. The van der Waals surface area contributed by atoms with Gasteiger partial charge in [0.2, 0.25) is 15.9 Å². The Bertz CT molecular complexity index is 1300. The molecule has 0 N–H and O–H groups in total. The van der Waals surface area contributed by atoms with Crippen LogP contribution in [0.1, 0.15) is 24.9 Å². The number of halogens is 2. The third kappa shape index (κ3) is 4.42. The number of hydrogen-bond donors (Lipinski definition) is 0. The summed E-state index contributed by atoms with van der Waals surface area (Å²) in [5.41, 5.74) is 1.05. The molecule has 0 aromatic heterocycles. The molecule has 0 aliphatic carbocycles. The number of carbonyl (C=O) groups is 2. The molecule has 1 fully saturated rings. The molecule has 0 radical (unpaired) electrons. The van der Waals surface area contributed by atoms with Crippen LogP contribution >= 0.6 is 23.2 Å². The third-order valence-electron chi connectivity index (χ3n) is 5.56. The summed E-state index contributed by atoms with van der Waals surface area (Å²) in [6.07, 6.45) is -0.289. The van der Waals surface area contributed by atoms with E-state index in [-0.39, 0.29) is 21.4 Å². The minimum Gasteiger partial charge on any atom is -0.274 e. The summed E-state index contributed by atoms with van der Waals surface area (Å²) in [7, 11) is -4.33. The highest BCUT2D eigenvalue weighted by molar-refractivity contribution is 7.89. The van der Waals surface area contributed by atoms with E-state index in [0.717, 1.165) is 9.21 Å². The second kappa shape index (κ2) is 9.27. The number of anilines is 1. The van der Waals surface area contributed by atoms with Gasteiger partial charge in [-0.1, -0.05) is 71.7 Å². The maximum atomic E-state index is 13.9. The standard InChI is InChI=1S/C24H20Cl2N2O4S/c1-16(17-8-4-2-5-9-17)28(33(31,32)22-14-18(25)12-13-20(22)26)21-15-23(29)27(24(21)30)19-10-6-3-7-11-19/h2-14,16,21H,15H2,1H3. The minimum absolute atomic E-state index is 0.0265. The van der Waals surface area contributed by atoms with Gasteiger partial charge in [-0.3, -0.25) is 9.59 Å². The van der Waals surface area contributed by atoms with Gasteiger partial charge in [0, 0.05) is 11.1 Å². The van der Waals surface area contributed by atoms with E-state index in [2.05, 4.69) is 0 Å². The van der Waals surface area contributed by atoms with Crippen molar-refractivity contribution < 1.29 is 18.0 Å². The van der Waals surface area contributed by atoms with Crippen molar-refractivity contribution in [3.63, 3.8) is 0 Å². The molecular weight excluding hydrogens is 483 g/mol. The summed E-state index contributed by atoms with van der Waals surface area (Å²) in [4.78, 5) is 27.2. The number of hydrogen-bond acceptors (Lipinski definition) is 4. The van der Waals surface area contributed by atoms with E-state index in [1.165, 1.54) is 18.2 Å². The lowest BCUT2D eigenvalue weighted by atomic mass is 10.1. The van der Waals surface area contributed by atoms with Crippen LogP contribution in [0.4, 0.5) is 5.69 Å². The molecule has 1 saturated heterocycles. The third-order valence-corrected chi connectivity index (χ3v) is 8.25. The zero-order chi connectivity index (χ0) is 23.8. The number of carbonyl (C=O) groups excluding carboxylic acids is 2. The van der Waals surface area contributed by atoms with Crippen LogP contribution in [-0.4, -0.2) is 30.6 Å². The van der Waals surface area contributed by atoms with E-state index < -0.39 is 33.9 Å². The van der Waals surface area contributed by atoms with E-state index >= 15 is 0 Å². The predicted molar refractivity (Wildman–Crippen MR) is 128 cm³/mol. The smallest absolute Gasteiger partial charge is 0.252 e. The SMILES string of the molecule is CC(c1ccccc1)N(C1CC(=O)N(c2ccccc2)C1=O)S(=O)(=O)c1cc(Cl)ccc1Cl. The fraction of sp³-hybridized carbons (Fsp3) is 0.167. The second-order valence-electron chi connectivity index (χ2n) is 7.62. The van der Waals surface area contributed by atoms with Crippen molar-refractivity contribution in [3.05, 3.63) is 94.5 Å². The van der Waals surface area contributed by atoms with Gasteiger partial charge in [-0.25, -0.2) is 13.3 Å². The first-order valence-electron chi connectivity index (χ1n) is 10.2. The second-order valence-corrected chi connectivity index (χ2v) is 10.3. The van der Waals surface area contributed by atoms with Crippen LogP contribution in [0.25, 0.3) is 0 Å². The molecule has 6 nitrogen and oxygen atoms in total. The van der Waals surface area contributed by atoms with E-state index in [1.54, 1.807) is 61.5 Å². The van der Waals surface area contributed by atoms with Crippen LogP contribution < -0.4 is 4.90 Å². The molecule has 3 aromatic carbocycles. The van der Waals surface area contributed by atoms with Crippen LogP contribution in [0.2, 0.25) is 10.0 Å². The lowest BCUT2D eigenvalue weighted by molar-refractivity contribution is -0.122. The molecule has 1 aliphatic heterocycles. The number of sulfonamides is 1. The lowest BCUT2D eigenvalue weighted by Crippen LogP contribution is -2.46. The Morgan fingerprint density at radius 1 is 0.939 bits per heavy atom. The van der Waals surface area contributed by atoms with Gasteiger partial charge in [-0.2, -0.15) is 4.31 Å². The van der Waals surface area contributed by atoms with Gasteiger partial charge in [0.15, 0.2) is 0 Å². The largest absolute Gasteiger partial charge is 0.274 e. The Morgan fingerprint density at radius 2 is 1.55 bits per heavy atom. The molecule has 0 bridgehead atoms. The van der Waals surface area contributed by atoms with Crippen LogP contribution in [-0.2, 0) is 19.6 Å². The average molecular weight is 503 g/mol. The molecule has 1 aliphatic rings. The summed E-state index contributed by atoms with van der Waals surface area (Å²) in [5, 5.41) is 0.159. The zero-order valence-electron chi connectivity index (χ0n) is 17.6. The Balaban J connectivity index is 1.84. The van der Waals surface area contributed by atoms with Crippen molar-refractivity contribution in [2.45, 2.75) is 30.3 Å². The molecule has 2 unspecified atom stereocenters. The molecule has 1 heterocycles. The highest BCUT2D eigenvalue weighted by Crippen LogP contribution is 2.38. The predicted octanol–water partition coefficient (Wildman–Crippen LogP) is 5.08. The summed E-state index contributed by atoms with van der Waals surface area (Å²) >= 11 is 12.3. The van der Waals surface area contributed by atoms with Crippen LogP contribution in [0.3, 0.4) is 0 Å². The van der Waals surface area contributed by atoms with Crippen molar-refractivity contribution >= 4 is 50.7 Å². The van der Waals surface area contributed by atoms with Crippen molar-refractivity contribution in [1.82, 2.24) is 4.31 Å². The van der Waals surface area contributed by atoms with Crippen molar-refractivity contribution in [2.75, 3.05) is 4.90 Å². The first-order chi connectivity index (χ1) is 15.7. The molecular formula is C24H20Cl2N2O4S. The van der Waals surface area contributed by atoms with E-state index in [9.17, 15) is 18.0 Å². The molecule has 0 saturated carbocycles. The molecule has 4 rings (SSSR count). The van der Waals surface area contributed by atoms with Gasteiger partial charge in [0.25, 0.3) is 5.91 Å². The maximum Gasteiger partial charge on any atom is 0.252 e. The van der Waals surface area contributed by atoms with Gasteiger partial charge in [0.1, 0.15) is 10.9 Å². The first kappa shape index (κ1) is 23.4. The number of rotatable bonds is 6. The molecule has 0 spiro atoms. The number of benzene rings is 3. The van der Waals surface area contributed by atoms with E-state index in [1.807, 2.05) is 6.07 Å². The molecule has 3 aromatic rings. The monoisotopic (exact) mass is 502 g/mol. The molecule has 2 atom stereocenters. The summed E-state index contributed by atoms with van der Waals surface area (Å²) < 4.78 is 28.9. The number of amides is 2. The Hall–Kier alpha value is -2.71. The Morgan fingerprint density at radius 3 is 2.18 bits per heavy atom. The maximum absolute atomic E-state index is 13.9. The summed E-state index contributed by atoms with van der Waals surface area (Å²) in [5.74, 6) is -1.09. The topological polar surface area (TPSA) is 74.8 Å². The Labute approximate surface area is 202 Å². The average Bonchev–Trinajstić information content (AvgIpc) is 3.09. The fourth-order valence-electron chi connectivity index (χ4n) is 3.98. The zero-order valence-corrected chi connectivity index (χ0v) is 19.9. The number of imide groups is 1. The molecule has 9 heteroatoms. The summed E-state index contributed by atoms with van der Waals surface area (Å²) in [6.45, 7) is 1.67. The van der Waals surface area contributed by atoms with Gasteiger partial charge in [0.05, 0.1) is 17.1 Å². The van der Waals surface area contributed by atoms with E-state index in [0.29, 0.717) is 11.3 Å². The van der Waals surface area contributed by atoms with Crippen LogP contribution in [0.5, 0.6) is 0 Å². The normalized spacial score (nSPS) is 17.6. The van der Waals surface area contributed by atoms with E-state index in [4.69, 9.17) is 23.2 Å². The quantitative estimate of drug-likeness (QED) is 0.440. The molecule has 2 amide bonds. The molecule has 33 heavy (non-hydrogen) atoms. The summed E-state index contributed by atoms with van der Waals surface area (Å²) in [6, 6.07) is 19.5. The van der Waals surface area contributed by atoms with Crippen LogP contribution in [0.15, 0.2) is 83.8 Å². The fourth-order valence-corrected chi connectivity index (χ4v) is 6.48. The highest BCUT2D eigenvalue weighted by atomic mass is 35.5. The van der Waals surface area contributed by atoms with Crippen LogP contribution in [0, 0.1) is 0 Å². The van der Waals surface area contributed by atoms with Crippen molar-refractivity contribution in [3.8, 4) is 0 Å². The Kier molecular flexibility index (Phi) is 6.59. The number of nitrogens with zero attached hydrogens (tertiary/aromatic N) is 2. The first-order valence-corrected chi connectivity index (χ1v) is 12.4. The van der Waals surface area contributed by atoms with Crippen molar-refractivity contribution in [2.24, 2.45) is 0 Å². The van der Waals surface area contributed by atoms with Gasteiger partial charge in [-0.05, 0) is 42.8 Å². The van der Waals surface area contributed by atoms with Gasteiger partial charge < -0.3 is 0 Å². The number of para-hydroxylation sites is 1.